The lowest BCUT2D eigenvalue weighted by Gasteiger charge is -2.31. The molecule has 2 amide bonds. The van der Waals surface area contributed by atoms with Gasteiger partial charge in [0.15, 0.2) is 6.61 Å². The van der Waals surface area contributed by atoms with E-state index in [-0.39, 0.29) is 30.4 Å². The van der Waals surface area contributed by atoms with Gasteiger partial charge < -0.3 is 15.0 Å². The topological polar surface area (TPSA) is 58.6 Å². The van der Waals surface area contributed by atoms with E-state index >= 15 is 0 Å². The zero-order valence-corrected chi connectivity index (χ0v) is 19.4. The predicted octanol–water partition coefficient (Wildman–Crippen LogP) is 4.91. The number of nitrogens with one attached hydrogen (secondary N) is 1. The number of hydrogen-bond acceptors (Lipinski definition) is 3. The highest BCUT2D eigenvalue weighted by atomic mass is 16.5. The molecule has 0 aliphatic heterocycles. The van der Waals surface area contributed by atoms with Crippen molar-refractivity contribution < 1.29 is 14.3 Å². The third kappa shape index (κ3) is 7.12. The third-order valence-electron chi connectivity index (χ3n) is 5.47. The Bertz CT molecular complexity index is 836. The number of rotatable bonds is 11. The maximum Gasteiger partial charge on any atom is 0.261 e. The summed E-state index contributed by atoms with van der Waals surface area (Å²) in [7, 11) is 0. The predicted molar refractivity (Wildman–Crippen MR) is 125 cm³/mol. The average Bonchev–Trinajstić information content (AvgIpc) is 2.77. The van der Waals surface area contributed by atoms with Crippen LogP contribution in [-0.2, 0) is 16.1 Å². The molecule has 2 aromatic rings. The first-order valence-electron chi connectivity index (χ1n) is 11.2. The lowest BCUT2D eigenvalue weighted by molar-refractivity contribution is -0.143. The zero-order valence-electron chi connectivity index (χ0n) is 19.4. The van der Waals surface area contributed by atoms with Gasteiger partial charge in [0.05, 0.1) is 0 Å². The van der Waals surface area contributed by atoms with Crippen molar-refractivity contribution in [2.75, 3.05) is 6.61 Å². The van der Waals surface area contributed by atoms with Crippen molar-refractivity contribution in [3.8, 4) is 5.75 Å². The maximum atomic E-state index is 13.3. The molecule has 2 rings (SSSR count). The van der Waals surface area contributed by atoms with E-state index in [1.165, 1.54) is 0 Å². The van der Waals surface area contributed by atoms with E-state index in [0.717, 1.165) is 17.5 Å². The molecule has 0 aliphatic carbocycles. The largest absolute Gasteiger partial charge is 0.483 e. The normalized spacial score (nSPS) is 12.8. The number of nitrogens with zero attached hydrogens (tertiary/aromatic N) is 1. The number of ether oxygens (including phenoxy) is 1. The van der Waals surface area contributed by atoms with Crippen LogP contribution in [0.1, 0.15) is 64.5 Å². The first kappa shape index (κ1) is 24.4. The number of carbonyl (C=O) groups is 2. The number of amides is 2. The molecule has 0 saturated carbocycles. The molecule has 2 aromatic carbocycles. The summed E-state index contributed by atoms with van der Waals surface area (Å²) in [6.07, 6.45) is 1.37. The van der Waals surface area contributed by atoms with E-state index in [0.29, 0.717) is 18.7 Å². The summed E-state index contributed by atoms with van der Waals surface area (Å²) < 4.78 is 5.93. The van der Waals surface area contributed by atoms with E-state index in [1.807, 2.05) is 75.4 Å². The first-order valence-corrected chi connectivity index (χ1v) is 11.2. The van der Waals surface area contributed by atoms with Crippen molar-refractivity contribution in [1.82, 2.24) is 10.2 Å². The van der Waals surface area contributed by atoms with Crippen LogP contribution in [0.25, 0.3) is 0 Å². The molecule has 0 heterocycles. The maximum absolute atomic E-state index is 13.3. The summed E-state index contributed by atoms with van der Waals surface area (Å²) in [5.41, 5.74) is 2.04. The van der Waals surface area contributed by atoms with Crippen LogP contribution in [0, 0.1) is 0 Å². The highest BCUT2D eigenvalue weighted by Crippen LogP contribution is 2.26. The van der Waals surface area contributed by atoms with Gasteiger partial charge in [-0.25, -0.2) is 0 Å². The second kappa shape index (κ2) is 12.1. The van der Waals surface area contributed by atoms with E-state index < -0.39 is 6.04 Å². The van der Waals surface area contributed by atoms with Crippen LogP contribution in [0.5, 0.6) is 5.75 Å². The molecule has 5 heteroatoms. The minimum Gasteiger partial charge on any atom is -0.483 e. The second-order valence-electron chi connectivity index (χ2n) is 8.23. The van der Waals surface area contributed by atoms with Crippen LogP contribution >= 0.6 is 0 Å². The van der Waals surface area contributed by atoms with Gasteiger partial charge in [0, 0.05) is 12.6 Å². The molecule has 168 valence electrons. The Balaban J connectivity index is 2.22. The van der Waals surface area contributed by atoms with Crippen LogP contribution < -0.4 is 10.1 Å². The van der Waals surface area contributed by atoms with Crippen LogP contribution in [0.2, 0.25) is 0 Å². The van der Waals surface area contributed by atoms with Crippen LogP contribution in [0.3, 0.4) is 0 Å². The van der Waals surface area contributed by atoms with Gasteiger partial charge in [-0.15, -0.1) is 0 Å². The van der Waals surface area contributed by atoms with Gasteiger partial charge in [0.2, 0.25) is 5.91 Å². The molecule has 0 aliphatic rings. The zero-order chi connectivity index (χ0) is 22.8. The van der Waals surface area contributed by atoms with Crippen molar-refractivity contribution >= 4 is 11.8 Å². The molecule has 31 heavy (non-hydrogen) atoms. The quantitative estimate of drug-likeness (QED) is 0.557. The molecule has 0 spiro atoms. The Kier molecular flexibility index (Phi) is 9.57. The third-order valence-corrected chi connectivity index (χ3v) is 5.47. The summed E-state index contributed by atoms with van der Waals surface area (Å²) in [6.45, 7) is 10.4. The van der Waals surface area contributed by atoms with Crippen molar-refractivity contribution in [2.45, 2.75) is 72.0 Å². The fourth-order valence-electron chi connectivity index (χ4n) is 3.45. The van der Waals surface area contributed by atoms with Crippen molar-refractivity contribution in [3.05, 3.63) is 65.7 Å². The molecule has 0 unspecified atom stereocenters. The van der Waals surface area contributed by atoms with Crippen LogP contribution in [0.4, 0.5) is 0 Å². The summed E-state index contributed by atoms with van der Waals surface area (Å²) >= 11 is 0. The molecular formula is C26H36N2O3. The van der Waals surface area contributed by atoms with Crippen LogP contribution in [0.15, 0.2) is 54.6 Å². The van der Waals surface area contributed by atoms with Gasteiger partial charge in [-0.2, -0.15) is 0 Å². The summed E-state index contributed by atoms with van der Waals surface area (Å²) in [6, 6.07) is 17.0. The first-order chi connectivity index (χ1) is 14.9. The Labute approximate surface area is 186 Å². The number of para-hydroxylation sites is 1. The lowest BCUT2D eigenvalue weighted by Crippen LogP contribution is -2.51. The number of hydrogen-bond donors (Lipinski definition) is 1. The van der Waals surface area contributed by atoms with E-state index in [1.54, 1.807) is 4.90 Å². The monoisotopic (exact) mass is 424 g/mol. The van der Waals surface area contributed by atoms with Crippen molar-refractivity contribution in [2.24, 2.45) is 0 Å². The molecule has 1 N–H and O–H groups in total. The van der Waals surface area contributed by atoms with Crippen LogP contribution in [-0.4, -0.2) is 35.4 Å². The van der Waals surface area contributed by atoms with E-state index in [2.05, 4.69) is 19.2 Å². The summed E-state index contributed by atoms with van der Waals surface area (Å²) in [5.74, 6) is 0.677. The highest BCUT2D eigenvalue weighted by Gasteiger charge is 2.29. The van der Waals surface area contributed by atoms with E-state index in [9.17, 15) is 9.59 Å². The van der Waals surface area contributed by atoms with E-state index in [4.69, 9.17) is 4.74 Å². The molecular weight excluding hydrogens is 388 g/mol. The number of benzene rings is 2. The highest BCUT2D eigenvalue weighted by molar-refractivity contribution is 5.88. The molecule has 0 fully saturated rings. The molecule has 0 radical (unpaired) electrons. The Hall–Kier alpha value is -2.82. The minimum absolute atomic E-state index is 0.0596. The SMILES string of the molecule is CC[C@@H](C)NC(=O)[C@H](CC)N(Cc1ccccc1)C(=O)COc1ccccc1C(C)C. The van der Waals surface area contributed by atoms with Gasteiger partial charge in [-0.05, 0) is 42.9 Å². The fourth-order valence-corrected chi connectivity index (χ4v) is 3.45. The molecule has 0 saturated heterocycles. The Morgan fingerprint density at radius 3 is 2.19 bits per heavy atom. The molecule has 0 aromatic heterocycles. The Morgan fingerprint density at radius 2 is 1.58 bits per heavy atom. The molecule has 0 bridgehead atoms. The van der Waals surface area contributed by atoms with Gasteiger partial charge in [0.25, 0.3) is 5.91 Å². The average molecular weight is 425 g/mol. The molecule has 2 atom stereocenters. The number of carbonyl (C=O) groups excluding carboxylic acids is 2. The van der Waals surface area contributed by atoms with Crippen molar-refractivity contribution in [3.63, 3.8) is 0 Å². The molecule has 5 nitrogen and oxygen atoms in total. The smallest absolute Gasteiger partial charge is 0.261 e. The minimum atomic E-state index is -0.550. The summed E-state index contributed by atoms with van der Waals surface area (Å²) in [4.78, 5) is 27.9. The Morgan fingerprint density at radius 1 is 0.935 bits per heavy atom. The second-order valence-corrected chi connectivity index (χ2v) is 8.23. The lowest BCUT2D eigenvalue weighted by atomic mass is 10.0. The van der Waals surface area contributed by atoms with Gasteiger partial charge in [-0.1, -0.05) is 76.2 Å². The van der Waals surface area contributed by atoms with Gasteiger partial charge in [-0.3, -0.25) is 9.59 Å². The van der Waals surface area contributed by atoms with Gasteiger partial charge >= 0.3 is 0 Å². The van der Waals surface area contributed by atoms with Crippen molar-refractivity contribution in [1.29, 1.82) is 0 Å². The standard InChI is InChI=1S/C26H36N2O3/c1-6-20(5)27-26(30)23(7-2)28(17-21-13-9-8-10-14-21)25(29)18-31-24-16-12-11-15-22(24)19(3)4/h8-16,19-20,23H,6-7,17-18H2,1-5H3,(H,27,30)/t20-,23+/m1/s1. The fraction of sp³-hybridized carbons (Fsp3) is 0.462. The van der Waals surface area contributed by atoms with Gasteiger partial charge in [0.1, 0.15) is 11.8 Å². The summed E-state index contributed by atoms with van der Waals surface area (Å²) in [5, 5.41) is 3.03.